The van der Waals surface area contributed by atoms with Crippen molar-refractivity contribution in [2.45, 2.75) is 0 Å². The molecule has 9 aromatic rings. The van der Waals surface area contributed by atoms with Crippen molar-refractivity contribution in [1.29, 1.82) is 0 Å². The lowest BCUT2D eigenvalue weighted by Gasteiger charge is -2.27. The predicted octanol–water partition coefficient (Wildman–Crippen LogP) is 14.6. The minimum Gasteiger partial charge on any atom is -0.310 e. The monoisotopic (exact) mass is 675 g/mol. The molecule has 0 bridgehead atoms. The highest BCUT2D eigenvalue weighted by atomic mass is 15.1. The van der Waals surface area contributed by atoms with Gasteiger partial charge in [0.05, 0.1) is 0 Å². The van der Waals surface area contributed by atoms with Gasteiger partial charge < -0.3 is 4.90 Å². The van der Waals surface area contributed by atoms with Crippen molar-refractivity contribution in [3.05, 3.63) is 224 Å². The van der Waals surface area contributed by atoms with Crippen LogP contribution in [0.15, 0.2) is 224 Å². The number of rotatable bonds is 8. The maximum absolute atomic E-state index is 2.38. The van der Waals surface area contributed by atoms with E-state index < -0.39 is 0 Å². The SMILES string of the molecule is c1ccc(-c2ccc(-c3ccc(N(c4cccc(-c5ccccc5-c5ccccc5)c4)c4cccc(-c5cccc6ccccc56)c4)cc3)cc2)cc1. The molecule has 0 saturated heterocycles. The molecule has 0 aliphatic heterocycles. The maximum Gasteiger partial charge on any atom is 0.0467 e. The van der Waals surface area contributed by atoms with Crippen molar-refractivity contribution >= 4 is 27.8 Å². The molecule has 0 aliphatic rings. The van der Waals surface area contributed by atoms with E-state index in [-0.39, 0.29) is 0 Å². The van der Waals surface area contributed by atoms with E-state index in [9.17, 15) is 0 Å². The Labute approximate surface area is 311 Å². The first-order valence-electron chi connectivity index (χ1n) is 18.2. The number of nitrogens with zero attached hydrogens (tertiary/aromatic N) is 1. The second-order valence-electron chi connectivity index (χ2n) is 13.4. The van der Waals surface area contributed by atoms with Gasteiger partial charge in [-0.15, -0.1) is 0 Å². The summed E-state index contributed by atoms with van der Waals surface area (Å²) in [5.74, 6) is 0. The molecular formula is C52H37N. The highest BCUT2D eigenvalue weighted by Crippen LogP contribution is 2.41. The van der Waals surface area contributed by atoms with E-state index in [0.717, 1.165) is 17.1 Å². The van der Waals surface area contributed by atoms with Crippen molar-refractivity contribution in [1.82, 2.24) is 0 Å². The summed E-state index contributed by atoms with van der Waals surface area (Å²) in [6.45, 7) is 0. The minimum absolute atomic E-state index is 1.10. The van der Waals surface area contributed by atoms with Crippen LogP contribution in [-0.4, -0.2) is 0 Å². The Hall–Kier alpha value is -6.96. The lowest BCUT2D eigenvalue weighted by molar-refractivity contribution is 1.28. The summed E-state index contributed by atoms with van der Waals surface area (Å²) in [5.41, 5.74) is 15.3. The summed E-state index contributed by atoms with van der Waals surface area (Å²) in [6.07, 6.45) is 0. The summed E-state index contributed by atoms with van der Waals surface area (Å²) >= 11 is 0. The van der Waals surface area contributed by atoms with Crippen molar-refractivity contribution in [2.24, 2.45) is 0 Å². The minimum atomic E-state index is 1.10. The Morgan fingerprint density at radius 1 is 0.226 bits per heavy atom. The number of benzene rings is 9. The molecule has 0 aromatic heterocycles. The average Bonchev–Trinajstić information content (AvgIpc) is 3.25. The van der Waals surface area contributed by atoms with Gasteiger partial charge in [-0.2, -0.15) is 0 Å². The van der Waals surface area contributed by atoms with E-state index in [1.807, 2.05) is 0 Å². The van der Waals surface area contributed by atoms with Crippen molar-refractivity contribution in [2.75, 3.05) is 4.90 Å². The van der Waals surface area contributed by atoms with Gasteiger partial charge in [0.1, 0.15) is 0 Å². The van der Waals surface area contributed by atoms with E-state index in [0.29, 0.717) is 0 Å². The average molecular weight is 676 g/mol. The lowest BCUT2D eigenvalue weighted by Crippen LogP contribution is -2.10. The predicted molar refractivity (Wildman–Crippen MR) is 226 cm³/mol. The van der Waals surface area contributed by atoms with Gasteiger partial charge in [-0.3, -0.25) is 0 Å². The van der Waals surface area contributed by atoms with Gasteiger partial charge in [-0.25, -0.2) is 0 Å². The maximum atomic E-state index is 2.38. The third-order valence-corrected chi connectivity index (χ3v) is 10.1. The van der Waals surface area contributed by atoms with Crippen LogP contribution < -0.4 is 4.90 Å². The van der Waals surface area contributed by atoms with Gasteiger partial charge in [-0.1, -0.05) is 188 Å². The van der Waals surface area contributed by atoms with Gasteiger partial charge in [0.15, 0.2) is 0 Å². The second kappa shape index (κ2) is 14.3. The molecule has 1 heteroatoms. The third-order valence-electron chi connectivity index (χ3n) is 10.1. The molecule has 53 heavy (non-hydrogen) atoms. The van der Waals surface area contributed by atoms with Crippen LogP contribution in [0, 0.1) is 0 Å². The van der Waals surface area contributed by atoms with Crippen molar-refractivity contribution in [3.8, 4) is 55.6 Å². The van der Waals surface area contributed by atoms with Crippen LogP contribution >= 0.6 is 0 Å². The van der Waals surface area contributed by atoms with E-state index in [1.54, 1.807) is 0 Å². The van der Waals surface area contributed by atoms with Crippen LogP contribution in [0.25, 0.3) is 66.4 Å². The normalized spacial score (nSPS) is 11.0. The van der Waals surface area contributed by atoms with Crippen LogP contribution in [0.1, 0.15) is 0 Å². The van der Waals surface area contributed by atoms with Crippen molar-refractivity contribution in [3.63, 3.8) is 0 Å². The molecule has 0 atom stereocenters. The first-order valence-corrected chi connectivity index (χ1v) is 18.2. The first kappa shape index (κ1) is 32.0. The van der Waals surface area contributed by atoms with Gasteiger partial charge in [-0.05, 0) is 103 Å². The van der Waals surface area contributed by atoms with E-state index in [1.165, 1.54) is 66.4 Å². The molecule has 0 radical (unpaired) electrons. The van der Waals surface area contributed by atoms with Crippen LogP contribution in [-0.2, 0) is 0 Å². The molecule has 0 unspecified atom stereocenters. The molecule has 0 aliphatic carbocycles. The molecule has 250 valence electrons. The molecule has 0 N–H and O–H groups in total. The number of hydrogen-bond acceptors (Lipinski definition) is 1. The summed E-state index contributed by atoms with van der Waals surface area (Å²) in [7, 11) is 0. The molecule has 0 amide bonds. The van der Waals surface area contributed by atoms with Crippen LogP contribution in [0.2, 0.25) is 0 Å². The Morgan fingerprint density at radius 2 is 0.623 bits per heavy atom. The summed E-state index contributed by atoms with van der Waals surface area (Å²) in [5, 5.41) is 2.49. The van der Waals surface area contributed by atoms with Crippen LogP contribution in [0.4, 0.5) is 17.1 Å². The summed E-state index contributed by atoms with van der Waals surface area (Å²) < 4.78 is 0. The molecular weight excluding hydrogens is 639 g/mol. The Bertz CT molecular complexity index is 2640. The molecule has 0 spiro atoms. The van der Waals surface area contributed by atoms with Gasteiger partial charge >= 0.3 is 0 Å². The van der Waals surface area contributed by atoms with E-state index >= 15 is 0 Å². The highest BCUT2D eigenvalue weighted by molar-refractivity contribution is 5.97. The van der Waals surface area contributed by atoms with Gasteiger partial charge in [0.25, 0.3) is 0 Å². The molecule has 0 heterocycles. The van der Waals surface area contributed by atoms with Crippen molar-refractivity contribution < 1.29 is 0 Å². The zero-order valence-electron chi connectivity index (χ0n) is 29.3. The fourth-order valence-electron chi connectivity index (χ4n) is 7.44. The zero-order valence-corrected chi connectivity index (χ0v) is 29.3. The van der Waals surface area contributed by atoms with E-state index in [2.05, 4.69) is 229 Å². The molecule has 0 fully saturated rings. The number of hydrogen-bond donors (Lipinski definition) is 0. The quantitative estimate of drug-likeness (QED) is 0.155. The van der Waals surface area contributed by atoms with Crippen LogP contribution in [0.5, 0.6) is 0 Å². The Morgan fingerprint density at radius 3 is 1.25 bits per heavy atom. The Kier molecular flexibility index (Phi) is 8.66. The third kappa shape index (κ3) is 6.53. The van der Waals surface area contributed by atoms with E-state index in [4.69, 9.17) is 0 Å². The smallest absolute Gasteiger partial charge is 0.0467 e. The first-order chi connectivity index (χ1) is 26.3. The Balaban J connectivity index is 1.14. The summed E-state index contributed by atoms with van der Waals surface area (Å²) in [6, 6.07) is 80.8. The molecule has 9 aromatic carbocycles. The number of anilines is 3. The van der Waals surface area contributed by atoms with Gasteiger partial charge in [0.2, 0.25) is 0 Å². The largest absolute Gasteiger partial charge is 0.310 e. The lowest BCUT2D eigenvalue weighted by atomic mass is 9.94. The molecule has 1 nitrogen and oxygen atoms in total. The number of fused-ring (bicyclic) bond motifs is 1. The van der Waals surface area contributed by atoms with Gasteiger partial charge in [0, 0.05) is 17.1 Å². The standard InChI is InChI=1S/C52H37N/c1-3-14-38(15-4-1)39-28-30-40(31-29-39)41-32-34-46(35-33-41)53(48-23-12-21-45(37-48)52-27-13-19-43-18-7-8-24-50(43)52)47-22-11-20-44(36-47)51-26-10-9-25-49(51)42-16-5-2-6-17-42/h1-37H. The highest BCUT2D eigenvalue weighted by Gasteiger charge is 2.16. The molecule has 9 rings (SSSR count). The summed E-state index contributed by atoms with van der Waals surface area (Å²) in [4.78, 5) is 2.38. The molecule has 0 saturated carbocycles. The fraction of sp³-hybridized carbons (Fsp3) is 0. The van der Waals surface area contributed by atoms with Crippen LogP contribution in [0.3, 0.4) is 0 Å². The topological polar surface area (TPSA) is 3.24 Å². The second-order valence-corrected chi connectivity index (χ2v) is 13.4. The zero-order chi connectivity index (χ0) is 35.4. The fourth-order valence-corrected chi connectivity index (χ4v) is 7.44.